The lowest BCUT2D eigenvalue weighted by Crippen LogP contribution is -2.52. The van der Waals surface area contributed by atoms with E-state index in [9.17, 15) is 24.6 Å². The summed E-state index contributed by atoms with van der Waals surface area (Å²) in [5.74, 6) is -4.25. The Morgan fingerprint density at radius 1 is 1.29 bits per heavy atom. The topological polar surface area (TPSA) is 142 Å². The number of hydrogen-bond acceptors (Lipinski definition) is 4. The normalized spacial score (nSPS) is 33.4. The summed E-state index contributed by atoms with van der Waals surface area (Å²) in [5, 5.41) is 23.9. The number of urea groups is 1. The van der Waals surface area contributed by atoms with Crippen molar-refractivity contribution in [1.29, 1.82) is 0 Å². The molecule has 8 heteroatoms. The number of rotatable bonds is 4. The Morgan fingerprint density at radius 3 is 2.58 bits per heavy atom. The molecule has 2 amide bonds. The van der Waals surface area contributed by atoms with Crippen molar-refractivity contribution in [2.24, 2.45) is 23.5 Å². The Hall–Kier alpha value is -2.61. The monoisotopic (exact) mass is 333 g/mol. The van der Waals surface area contributed by atoms with Crippen LogP contribution in [0.15, 0.2) is 24.3 Å². The lowest BCUT2D eigenvalue weighted by Gasteiger charge is -2.25. The molecule has 128 valence electrons. The average Bonchev–Trinajstić information content (AvgIpc) is 3.16. The minimum Gasteiger partial charge on any atom is -0.481 e. The fourth-order valence-electron chi connectivity index (χ4n) is 3.89. The molecule has 3 rings (SSSR count). The summed E-state index contributed by atoms with van der Waals surface area (Å²) in [4.78, 5) is 34.9. The summed E-state index contributed by atoms with van der Waals surface area (Å²) in [6.45, 7) is 1.89. The van der Waals surface area contributed by atoms with Gasteiger partial charge in [0.15, 0.2) is 0 Å². The first-order valence-corrected chi connectivity index (χ1v) is 7.63. The highest BCUT2D eigenvalue weighted by atomic mass is 16.4. The van der Waals surface area contributed by atoms with Crippen LogP contribution in [0.4, 0.5) is 10.5 Å². The SMILES string of the molecule is Cc1cccc(NC(=O)N[C@@H]2C[C@](N)(C(=O)O)[C@@H]3[C@H](C(=O)O)[C@H]32)c1. The maximum Gasteiger partial charge on any atom is 0.324 e. The number of aliphatic carboxylic acids is 2. The minimum atomic E-state index is -1.62. The number of fused-ring (bicyclic) bond motifs is 1. The van der Waals surface area contributed by atoms with Gasteiger partial charge in [-0.15, -0.1) is 0 Å². The van der Waals surface area contributed by atoms with Gasteiger partial charge in [-0.2, -0.15) is 0 Å². The van der Waals surface area contributed by atoms with Gasteiger partial charge >= 0.3 is 18.0 Å². The molecular formula is C16H19N3O5. The van der Waals surface area contributed by atoms with Gasteiger partial charge in [-0.25, -0.2) is 4.79 Å². The maximum atomic E-state index is 12.1. The van der Waals surface area contributed by atoms with E-state index in [2.05, 4.69) is 10.6 Å². The van der Waals surface area contributed by atoms with Gasteiger partial charge in [-0.1, -0.05) is 12.1 Å². The van der Waals surface area contributed by atoms with Crippen molar-refractivity contribution in [3.05, 3.63) is 29.8 Å². The Bertz CT molecular complexity index is 721. The number of carbonyl (C=O) groups excluding carboxylic acids is 1. The molecule has 0 unspecified atom stereocenters. The van der Waals surface area contributed by atoms with E-state index in [0.29, 0.717) is 5.69 Å². The number of hydrogen-bond donors (Lipinski definition) is 5. The van der Waals surface area contributed by atoms with E-state index in [1.807, 2.05) is 13.0 Å². The van der Waals surface area contributed by atoms with Gasteiger partial charge in [0.1, 0.15) is 5.54 Å². The molecule has 0 saturated heterocycles. The largest absolute Gasteiger partial charge is 0.481 e. The number of carbonyl (C=O) groups is 3. The molecule has 0 aliphatic heterocycles. The van der Waals surface area contributed by atoms with Crippen LogP contribution in [-0.2, 0) is 9.59 Å². The number of anilines is 1. The molecule has 8 nitrogen and oxygen atoms in total. The van der Waals surface area contributed by atoms with Gasteiger partial charge in [0.25, 0.3) is 0 Å². The molecule has 5 atom stereocenters. The molecule has 2 aliphatic carbocycles. The predicted octanol–water partition coefficient (Wildman–Crippen LogP) is 0.618. The third kappa shape index (κ3) is 2.58. The minimum absolute atomic E-state index is 0.0166. The molecule has 2 saturated carbocycles. The summed E-state index contributed by atoms with van der Waals surface area (Å²) < 4.78 is 0. The molecule has 0 heterocycles. The first kappa shape index (κ1) is 16.3. The number of carboxylic acid groups (broad SMARTS) is 2. The summed E-state index contributed by atoms with van der Waals surface area (Å²) in [6.07, 6.45) is 0.0166. The predicted molar refractivity (Wildman–Crippen MR) is 84.4 cm³/mol. The van der Waals surface area contributed by atoms with Crippen LogP contribution in [0.25, 0.3) is 0 Å². The van der Waals surface area contributed by atoms with Crippen molar-refractivity contribution >= 4 is 23.7 Å². The third-order valence-corrected chi connectivity index (χ3v) is 4.97. The van der Waals surface area contributed by atoms with Crippen LogP contribution in [0.3, 0.4) is 0 Å². The molecule has 0 spiro atoms. The molecule has 1 aromatic carbocycles. The van der Waals surface area contributed by atoms with Crippen molar-refractivity contribution in [1.82, 2.24) is 5.32 Å². The van der Waals surface area contributed by atoms with E-state index in [1.165, 1.54) is 0 Å². The first-order valence-electron chi connectivity index (χ1n) is 7.63. The van der Waals surface area contributed by atoms with Gasteiger partial charge < -0.3 is 26.6 Å². The zero-order valence-corrected chi connectivity index (χ0v) is 13.0. The number of nitrogens with two attached hydrogens (primary N) is 1. The molecule has 0 bridgehead atoms. The number of nitrogens with one attached hydrogen (secondary N) is 2. The Kier molecular flexibility index (Phi) is 3.71. The van der Waals surface area contributed by atoms with E-state index < -0.39 is 47.3 Å². The molecule has 1 aromatic rings. The highest BCUT2D eigenvalue weighted by Crippen LogP contribution is 2.61. The summed E-state index contributed by atoms with van der Waals surface area (Å²) in [5.41, 5.74) is 5.89. The van der Waals surface area contributed by atoms with Gasteiger partial charge in [0, 0.05) is 17.6 Å². The second kappa shape index (κ2) is 5.48. The zero-order chi connectivity index (χ0) is 17.6. The van der Waals surface area contributed by atoms with Crippen molar-refractivity contribution < 1.29 is 24.6 Å². The molecule has 2 aliphatic rings. The van der Waals surface area contributed by atoms with Crippen molar-refractivity contribution in [2.75, 3.05) is 5.32 Å². The van der Waals surface area contributed by atoms with Crippen LogP contribution in [0.2, 0.25) is 0 Å². The maximum absolute atomic E-state index is 12.1. The van der Waals surface area contributed by atoms with E-state index >= 15 is 0 Å². The van der Waals surface area contributed by atoms with Crippen LogP contribution in [-0.4, -0.2) is 39.8 Å². The van der Waals surface area contributed by atoms with Crippen molar-refractivity contribution in [2.45, 2.75) is 24.9 Å². The smallest absolute Gasteiger partial charge is 0.324 e. The lowest BCUT2D eigenvalue weighted by molar-refractivity contribution is -0.145. The quantitative estimate of drug-likeness (QED) is 0.547. The van der Waals surface area contributed by atoms with Crippen molar-refractivity contribution in [3.8, 4) is 0 Å². The van der Waals surface area contributed by atoms with E-state index in [-0.39, 0.29) is 6.42 Å². The summed E-state index contributed by atoms with van der Waals surface area (Å²) in [6, 6.07) is 6.12. The highest BCUT2D eigenvalue weighted by molar-refractivity contribution is 5.91. The second-order valence-electron chi connectivity index (χ2n) is 6.59. The number of aryl methyl sites for hydroxylation is 1. The van der Waals surface area contributed by atoms with Crippen LogP contribution in [0, 0.1) is 24.7 Å². The fourth-order valence-corrected chi connectivity index (χ4v) is 3.89. The summed E-state index contributed by atoms with van der Waals surface area (Å²) in [7, 11) is 0. The number of benzene rings is 1. The van der Waals surface area contributed by atoms with Crippen LogP contribution < -0.4 is 16.4 Å². The molecule has 0 aromatic heterocycles. The third-order valence-electron chi connectivity index (χ3n) is 4.97. The Morgan fingerprint density at radius 2 is 2.00 bits per heavy atom. The molecule has 0 radical (unpaired) electrons. The zero-order valence-electron chi connectivity index (χ0n) is 13.0. The Labute approximate surface area is 138 Å². The number of carboxylic acids is 2. The van der Waals surface area contributed by atoms with E-state index in [1.54, 1.807) is 18.2 Å². The van der Waals surface area contributed by atoms with E-state index in [0.717, 1.165) is 5.56 Å². The molecular weight excluding hydrogens is 314 g/mol. The molecule has 6 N–H and O–H groups in total. The highest BCUT2D eigenvalue weighted by Gasteiger charge is 2.74. The van der Waals surface area contributed by atoms with E-state index in [4.69, 9.17) is 5.73 Å². The number of amides is 2. The van der Waals surface area contributed by atoms with Gasteiger partial charge in [-0.3, -0.25) is 9.59 Å². The molecule has 24 heavy (non-hydrogen) atoms. The molecule has 2 fully saturated rings. The first-order chi connectivity index (χ1) is 11.2. The van der Waals surface area contributed by atoms with Crippen molar-refractivity contribution in [3.63, 3.8) is 0 Å². The second-order valence-corrected chi connectivity index (χ2v) is 6.59. The average molecular weight is 333 g/mol. The van der Waals surface area contributed by atoms with Gasteiger partial charge in [-0.05, 0) is 37.0 Å². The fraction of sp³-hybridized carbons (Fsp3) is 0.438. The van der Waals surface area contributed by atoms with Crippen LogP contribution in [0.1, 0.15) is 12.0 Å². The van der Waals surface area contributed by atoms with Gasteiger partial charge in [0.2, 0.25) is 0 Å². The summed E-state index contributed by atoms with van der Waals surface area (Å²) >= 11 is 0. The van der Waals surface area contributed by atoms with Gasteiger partial charge in [0.05, 0.1) is 5.92 Å². The standard InChI is InChI=1S/C16H19N3O5/c1-7-3-2-4-8(5-7)18-15(24)19-9-6-16(17,14(22)23)12-10(9)11(12)13(20)21/h2-5,9-12H,6,17H2,1H3,(H,20,21)(H,22,23)(H2,18,19,24)/t9-,10-,11-,12+,16-/m1/s1. The Balaban J connectivity index is 1.70. The van der Waals surface area contributed by atoms with Crippen LogP contribution >= 0.6 is 0 Å². The lowest BCUT2D eigenvalue weighted by atomic mass is 9.90. The van der Waals surface area contributed by atoms with Crippen LogP contribution in [0.5, 0.6) is 0 Å².